The minimum Gasteiger partial charge on any atom is -0.348 e. The van der Waals surface area contributed by atoms with Crippen LogP contribution in [0.25, 0.3) is 0 Å². The molecule has 0 aliphatic carbocycles. The van der Waals surface area contributed by atoms with Gasteiger partial charge in [0.1, 0.15) is 18.3 Å². The van der Waals surface area contributed by atoms with Gasteiger partial charge in [0.25, 0.3) is 5.56 Å². The van der Waals surface area contributed by atoms with Crippen molar-refractivity contribution in [2.45, 2.75) is 63.6 Å². The van der Waals surface area contributed by atoms with E-state index in [2.05, 4.69) is 4.98 Å². The second-order valence-corrected chi connectivity index (χ2v) is 7.11. The molecule has 3 aliphatic rings. The van der Waals surface area contributed by atoms with E-state index in [0.29, 0.717) is 12.3 Å². The zero-order chi connectivity index (χ0) is 16.6. The van der Waals surface area contributed by atoms with Crippen LogP contribution in [0.15, 0.2) is 15.7 Å². The largest absolute Gasteiger partial charge is 0.348 e. The van der Waals surface area contributed by atoms with Crippen LogP contribution >= 0.6 is 0 Å². The van der Waals surface area contributed by atoms with Crippen LogP contribution in [0.1, 0.15) is 45.5 Å². The number of hydrogen-bond donors (Lipinski definition) is 1. The van der Waals surface area contributed by atoms with Crippen LogP contribution in [0.5, 0.6) is 0 Å². The Morgan fingerprint density at radius 1 is 1.13 bits per heavy atom. The van der Waals surface area contributed by atoms with Gasteiger partial charge in [-0.05, 0) is 27.7 Å². The highest BCUT2D eigenvalue weighted by Gasteiger charge is 2.57. The van der Waals surface area contributed by atoms with Crippen molar-refractivity contribution in [3.8, 4) is 0 Å². The summed E-state index contributed by atoms with van der Waals surface area (Å²) in [6, 6.07) is 0.980. The number of nitrogens with zero attached hydrogens (tertiary/aromatic N) is 1. The van der Waals surface area contributed by atoms with E-state index in [9.17, 15) is 9.59 Å². The van der Waals surface area contributed by atoms with Gasteiger partial charge in [0, 0.05) is 6.07 Å². The van der Waals surface area contributed by atoms with E-state index in [1.165, 1.54) is 10.6 Å². The van der Waals surface area contributed by atoms with E-state index in [1.54, 1.807) is 0 Å². The number of H-pyrrole nitrogens is 1. The van der Waals surface area contributed by atoms with E-state index in [0.717, 1.165) is 0 Å². The number of aromatic amines is 1. The number of nitrogens with one attached hydrogen (secondary N) is 1. The van der Waals surface area contributed by atoms with E-state index in [-0.39, 0.29) is 6.10 Å². The molecule has 2 fully saturated rings. The molecule has 0 saturated carbocycles. The maximum atomic E-state index is 12.4. The normalized spacial score (nSPS) is 36.9. The van der Waals surface area contributed by atoms with Gasteiger partial charge in [-0.3, -0.25) is 14.3 Å². The Bertz CT molecular complexity index is 764. The summed E-state index contributed by atoms with van der Waals surface area (Å²) in [4.78, 5) is 26.4. The lowest BCUT2D eigenvalue weighted by atomic mass is 10.0. The van der Waals surface area contributed by atoms with Gasteiger partial charge in [0.2, 0.25) is 0 Å². The highest BCUT2D eigenvalue weighted by molar-refractivity contribution is 5.19. The highest BCUT2D eigenvalue weighted by Crippen LogP contribution is 2.49. The maximum Gasteiger partial charge on any atom is 0.329 e. The molecule has 8 nitrogen and oxygen atoms in total. The fourth-order valence-electron chi connectivity index (χ4n) is 3.73. The average Bonchev–Trinajstić information content (AvgIpc) is 2.99. The molecule has 4 atom stereocenters. The van der Waals surface area contributed by atoms with Gasteiger partial charge in [-0.25, -0.2) is 4.79 Å². The van der Waals surface area contributed by atoms with Gasteiger partial charge in [-0.15, -0.1) is 0 Å². The number of aromatic nitrogens is 2. The topological polar surface area (TPSA) is 91.8 Å². The van der Waals surface area contributed by atoms with Crippen molar-refractivity contribution < 1.29 is 18.9 Å². The first-order valence-electron chi connectivity index (χ1n) is 7.70. The zero-order valence-corrected chi connectivity index (χ0v) is 13.5. The van der Waals surface area contributed by atoms with Gasteiger partial charge >= 0.3 is 5.69 Å². The SMILES string of the molecule is CC1(C)O[C@H]2[C@H]([C@H]3COC(C)(C)O3)n3c(cc(=O)[nH]c3=O)[C@H]2O1. The summed E-state index contributed by atoms with van der Waals surface area (Å²) in [5.74, 6) is -1.50. The molecule has 0 aromatic carbocycles. The first kappa shape index (κ1) is 15.1. The monoisotopic (exact) mass is 324 g/mol. The molecule has 2 saturated heterocycles. The Kier molecular flexibility index (Phi) is 2.97. The molecule has 23 heavy (non-hydrogen) atoms. The Labute approximate surface area is 132 Å². The summed E-state index contributed by atoms with van der Waals surface area (Å²) in [6.45, 7) is 7.62. The van der Waals surface area contributed by atoms with E-state index < -0.39 is 41.1 Å². The smallest absolute Gasteiger partial charge is 0.329 e. The molecule has 8 heteroatoms. The number of fused-ring (bicyclic) bond motifs is 3. The molecule has 1 aromatic rings. The molecule has 4 rings (SSSR count). The van der Waals surface area contributed by atoms with Crippen LogP contribution in [-0.4, -0.2) is 39.9 Å². The van der Waals surface area contributed by atoms with E-state index in [4.69, 9.17) is 18.9 Å². The van der Waals surface area contributed by atoms with Crippen LogP contribution in [0.2, 0.25) is 0 Å². The lowest BCUT2D eigenvalue weighted by molar-refractivity contribution is -0.168. The second-order valence-electron chi connectivity index (χ2n) is 7.11. The molecular weight excluding hydrogens is 304 g/mol. The third-order valence-corrected chi connectivity index (χ3v) is 4.47. The van der Waals surface area contributed by atoms with Crippen molar-refractivity contribution in [1.82, 2.24) is 9.55 Å². The van der Waals surface area contributed by atoms with Gasteiger partial charge in [0.05, 0.1) is 18.3 Å². The Balaban J connectivity index is 1.83. The molecule has 0 bridgehead atoms. The molecule has 1 aromatic heterocycles. The number of hydrogen-bond acceptors (Lipinski definition) is 6. The molecule has 0 amide bonds. The number of rotatable bonds is 1. The van der Waals surface area contributed by atoms with Crippen LogP contribution in [0.4, 0.5) is 0 Å². The van der Waals surface area contributed by atoms with Crippen molar-refractivity contribution in [3.63, 3.8) is 0 Å². The predicted molar refractivity (Wildman–Crippen MR) is 78.0 cm³/mol. The van der Waals surface area contributed by atoms with Crippen molar-refractivity contribution in [2.75, 3.05) is 6.61 Å². The fourth-order valence-corrected chi connectivity index (χ4v) is 3.73. The third kappa shape index (κ3) is 2.28. The summed E-state index contributed by atoms with van der Waals surface area (Å²) < 4.78 is 25.0. The van der Waals surface area contributed by atoms with Crippen LogP contribution in [-0.2, 0) is 18.9 Å². The summed E-state index contributed by atoms with van der Waals surface area (Å²) >= 11 is 0. The van der Waals surface area contributed by atoms with Gasteiger partial charge < -0.3 is 18.9 Å². The summed E-state index contributed by atoms with van der Waals surface area (Å²) in [7, 11) is 0. The standard InChI is InChI=1S/C15H20N2O6/c1-14(2)20-6-8(21-14)10-12-11(22-15(3,4)23-12)7-5-9(18)16-13(19)17(7)10/h5,8,10-12H,6H2,1-4H3,(H,16,18,19)/t8-,10+,11-,12+/m1/s1. The molecule has 3 aliphatic heterocycles. The van der Waals surface area contributed by atoms with E-state index >= 15 is 0 Å². The molecule has 0 unspecified atom stereocenters. The second kappa shape index (κ2) is 4.54. The van der Waals surface area contributed by atoms with Gasteiger partial charge in [-0.2, -0.15) is 0 Å². The Hall–Kier alpha value is -1.48. The van der Waals surface area contributed by atoms with Gasteiger partial charge in [-0.1, -0.05) is 0 Å². The first-order valence-corrected chi connectivity index (χ1v) is 7.70. The lowest BCUT2D eigenvalue weighted by Gasteiger charge is -2.27. The Morgan fingerprint density at radius 3 is 2.52 bits per heavy atom. The van der Waals surface area contributed by atoms with Crippen LogP contribution in [0, 0.1) is 0 Å². The summed E-state index contributed by atoms with van der Waals surface area (Å²) in [5, 5.41) is 0. The molecule has 0 spiro atoms. The summed E-state index contributed by atoms with van der Waals surface area (Å²) in [5.41, 5.74) is -0.407. The molecule has 0 radical (unpaired) electrons. The molecule has 1 N–H and O–H groups in total. The summed E-state index contributed by atoms with van der Waals surface area (Å²) in [6.07, 6.45) is -1.24. The van der Waals surface area contributed by atoms with Crippen molar-refractivity contribution in [3.05, 3.63) is 32.6 Å². The van der Waals surface area contributed by atoms with E-state index in [1.807, 2.05) is 27.7 Å². The fraction of sp³-hybridized carbons (Fsp3) is 0.733. The number of ether oxygens (including phenoxy) is 4. The first-order chi connectivity index (χ1) is 10.7. The minimum absolute atomic E-state index is 0.343. The van der Waals surface area contributed by atoms with Gasteiger partial charge in [0.15, 0.2) is 11.6 Å². The molecule has 126 valence electrons. The Morgan fingerprint density at radius 2 is 1.87 bits per heavy atom. The van der Waals surface area contributed by atoms with Crippen molar-refractivity contribution >= 4 is 0 Å². The minimum atomic E-state index is -0.785. The van der Waals surface area contributed by atoms with Crippen LogP contribution in [0.3, 0.4) is 0 Å². The highest BCUT2D eigenvalue weighted by atomic mass is 16.8. The van der Waals surface area contributed by atoms with Crippen molar-refractivity contribution in [2.24, 2.45) is 0 Å². The average molecular weight is 324 g/mol. The molecular formula is C15H20N2O6. The zero-order valence-electron chi connectivity index (χ0n) is 13.5. The lowest BCUT2D eigenvalue weighted by Crippen LogP contribution is -2.41. The maximum absolute atomic E-state index is 12.4. The predicted octanol–water partition coefficient (Wildman–Crippen LogP) is 0.435. The van der Waals surface area contributed by atoms with Crippen LogP contribution < -0.4 is 11.2 Å². The van der Waals surface area contributed by atoms with Crippen molar-refractivity contribution in [1.29, 1.82) is 0 Å². The molecule has 4 heterocycles. The quantitative estimate of drug-likeness (QED) is 0.806. The third-order valence-electron chi connectivity index (χ3n) is 4.47.